The molecule has 0 unspecified atom stereocenters. The molecule has 2 rings (SSSR count). The van der Waals surface area contributed by atoms with Gasteiger partial charge < -0.3 is 0 Å². The van der Waals surface area contributed by atoms with Gasteiger partial charge in [-0.05, 0) is 12.5 Å². The summed E-state index contributed by atoms with van der Waals surface area (Å²) >= 11 is 0. The van der Waals surface area contributed by atoms with Crippen molar-refractivity contribution in [3.05, 3.63) is 65.0 Å². The van der Waals surface area contributed by atoms with E-state index in [0.29, 0.717) is 0 Å². The molecule has 0 amide bonds. The second-order valence-corrected chi connectivity index (χ2v) is 5.69. The Labute approximate surface area is 126 Å². The third-order valence-electron chi connectivity index (χ3n) is 2.91. The molecule has 5 nitrogen and oxygen atoms in total. The van der Waals surface area contributed by atoms with Crippen molar-refractivity contribution in [3.63, 3.8) is 0 Å². The first-order valence-corrected chi connectivity index (χ1v) is 7.67. The Morgan fingerprint density at radius 3 is 1.81 bits per heavy atom. The van der Waals surface area contributed by atoms with Gasteiger partial charge in [0, 0.05) is 31.5 Å². The number of pyridine rings is 1. The molecule has 1 aromatic heterocycles. The number of hydrogen-bond donors (Lipinski definition) is 3. The normalized spacial score (nSPS) is 11.6. The van der Waals surface area contributed by atoms with Crippen molar-refractivity contribution in [1.82, 2.24) is 0 Å². The number of aromatic nitrogens is 1. The third-order valence-corrected chi connectivity index (χ3v) is 2.91. The number of rotatable bonds is 2. The average Bonchev–Trinajstić information content (AvgIpc) is 2.33. The van der Waals surface area contributed by atoms with E-state index in [1.165, 1.54) is 22.5 Å². The number of halogens is 1. The molecule has 0 saturated heterocycles. The summed E-state index contributed by atoms with van der Waals surface area (Å²) in [7, 11) is -4.19. The van der Waals surface area contributed by atoms with Crippen LogP contribution in [0.2, 0.25) is 0 Å². The van der Waals surface area contributed by atoms with Gasteiger partial charge in [-0.25, -0.2) is 0 Å². The molecule has 1 aromatic carbocycles. The maximum absolute atomic E-state index is 8.83. The van der Waals surface area contributed by atoms with Crippen molar-refractivity contribution in [2.24, 2.45) is 0 Å². The number of aryl methyl sites for hydroxylation is 3. The van der Waals surface area contributed by atoms with Gasteiger partial charge in [-0.3, -0.25) is 0 Å². The number of nitrogens with zero attached hydrogens (tertiary/aromatic N) is 1. The summed E-state index contributed by atoms with van der Waals surface area (Å²) < 4.78 is 32.6. The Balaban J connectivity index is 0.000000383. The van der Waals surface area contributed by atoms with E-state index in [1.807, 2.05) is 0 Å². The van der Waals surface area contributed by atoms with Gasteiger partial charge in [0.05, 0.1) is 0 Å². The van der Waals surface area contributed by atoms with E-state index in [0.717, 1.165) is 6.54 Å². The molecular weight excluding hydrogens is 294 g/mol. The Hall–Kier alpha value is -1.50. The van der Waals surface area contributed by atoms with Crippen LogP contribution in [0.3, 0.4) is 0 Å². The molecule has 2 aromatic rings. The van der Waals surface area contributed by atoms with E-state index in [4.69, 9.17) is 18.6 Å². The number of benzene rings is 1. The minimum absolute atomic E-state index is 0.957. The fraction of sp³-hybridized carbons (Fsp3) is 0.267. The van der Waals surface area contributed by atoms with Crippen molar-refractivity contribution in [1.29, 1.82) is 0 Å². The predicted octanol–water partition coefficient (Wildman–Crippen LogP) is 0.0877. The Morgan fingerprint density at radius 1 is 0.952 bits per heavy atom. The molecule has 6 heteroatoms. The van der Waals surface area contributed by atoms with E-state index < -0.39 is 10.2 Å². The van der Waals surface area contributed by atoms with Gasteiger partial charge in [-0.2, -0.15) is 4.57 Å². The van der Waals surface area contributed by atoms with Gasteiger partial charge in [0.2, 0.25) is 0 Å². The van der Waals surface area contributed by atoms with Crippen molar-refractivity contribution < 1.29 is 33.4 Å². The summed E-state index contributed by atoms with van der Waals surface area (Å²) in [6.07, 6.45) is 0. The molecule has 0 saturated carbocycles. The van der Waals surface area contributed by atoms with Crippen LogP contribution in [-0.2, 0) is 6.54 Å². The van der Waals surface area contributed by atoms with E-state index in [9.17, 15) is 0 Å². The van der Waals surface area contributed by atoms with Crippen LogP contribution in [-0.4, -0.2) is 14.0 Å². The first kappa shape index (κ1) is 17.6. The van der Waals surface area contributed by atoms with Crippen LogP contribution in [0.1, 0.15) is 22.5 Å². The summed E-state index contributed by atoms with van der Waals surface area (Å²) in [5.41, 5.74) is 5.32. The molecule has 116 valence electrons. The first-order valence-electron chi connectivity index (χ1n) is 6.34. The molecular formula is C15H21ClNO4+. The first-order chi connectivity index (χ1) is 9.66. The SMILES string of the molecule is Cc1cc(C)[n+](Cc2ccccc2)c(C)c1.[O-][Cl+](O)(O)O. The zero-order chi connectivity index (χ0) is 16.0. The van der Waals surface area contributed by atoms with Gasteiger partial charge >= 0.3 is 28.9 Å². The molecule has 1 heterocycles. The van der Waals surface area contributed by atoms with Crippen LogP contribution in [0.4, 0.5) is 0 Å². The van der Waals surface area contributed by atoms with Crippen LogP contribution in [0.25, 0.3) is 0 Å². The van der Waals surface area contributed by atoms with Gasteiger partial charge in [-0.15, -0.1) is 0 Å². The Bertz CT molecular complexity index is 553. The van der Waals surface area contributed by atoms with Gasteiger partial charge in [0.1, 0.15) is 0 Å². The molecule has 3 N–H and O–H groups in total. The summed E-state index contributed by atoms with van der Waals surface area (Å²) in [6.45, 7) is 7.44. The number of hydrogen-bond acceptors (Lipinski definition) is 4. The summed E-state index contributed by atoms with van der Waals surface area (Å²) in [6, 6.07) is 15.1. The standard InChI is InChI=1S/C15H18N.ClH3O4/c1-12-9-13(2)16(14(3)10-12)11-15-7-5-4-6-8-15;2-1(3,4)5/h4-10H,11H2,1-3H3;2-4H/q+1;. The zero-order valence-electron chi connectivity index (χ0n) is 12.3. The summed E-state index contributed by atoms with van der Waals surface area (Å²) in [5, 5.41) is 0. The maximum atomic E-state index is 8.83. The molecule has 0 bridgehead atoms. The molecule has 0 radical (unpaired) electrons. The molecule has 0 aliphatic carbocycles. The molecule has 0 aliphatic rings. The summed E-state index contributed by atoms with van der Waals surface area (Å²) in [4.78, 5) is 0. The van der Waals surface area contributed by atoms with Crippen molar-refractivity contribution in [3.8, 4) is 0 Å². The average molecular weight is 315 g/mol. The van der Waals surface area contributed by atoms with Crippen LogP contribution in [0.15, 0.2) is 42.5 Å². The monoisotopic (exact) mass is 314 g/mol. The van der Waals surface area contributed by atoms with E-state index in [-0.39, 0.29) is 0 Å². The minimum atomic E-state index is -4.19. The van der Waals surface area contributed by atoms with Gasteiger partial charge in [0.15, 0.2) is 17.9 Å². The molecule has 0 fully saturated rings. The quantitative estimate of drug-likeness (QED) is 0.686. The van der Waals surface area contributed by atoms with Crippen LogP contribution >= 0.6 is 0 Å². The van der Waals surface area contributed by atoms with Crippen molar-refractivity contribution in [2.75, 3.05) is 0 Å². The third kappa shape index (κ3) is 7.17. The van der Waals surface area contributed by atoms with E-state index in [1.54, 1.807) is 0 Å². The van der Waals surface area contributed by atoms with Crippen molar-refractivity contribution in [2.45, 2.75) is 27.3 Å². The molecule has 21 heavy (non-hydrogen) atoms. The second-order valence-electron chi connectivity index (χ2n) is 4.82. The topological polar surface area (TPSA) is 87.6 Å². The molecule has 0 atom stereocenters. The van der Waals surface area contributed by atoms with Crippen LogP contribution in [0, 0.1) is 31.0 Å². The van der Waals surface area contributed by atoms with E-state index >= 15 is 0 Å². The second kappa shape index (κ2) is 7.49. The predicted molar refractivity (Wildman–Crippen MR) is 73.0 cm³/mol. The Morgan fingerprint density at radius 2 is 1.38 bits per heavy atom. The van der Waals surface area contributed by atoms with Crippen LogP contribution < -0.4 is 9.23 Å². The molecule has 0 spiro atoms. The molecule has 0 aliphatic heterocycles. The van der Waals surface area contributed by atoms with Gasteiger partial charge in [-0.1, -0.05) is 30.3 Å². The van der Waals surface area contributed by atoms with Crippen molar-refractivity contribution >= 4 is 0 Å². The van der Waals surface area contributed by atoms with E-state index in [2.05, 4.69) is 67.8 Å². The fourth-order valence-corrected chi connectivity index (χ4v) is 2.15. The zero-order valence-corrected chi connectivity index (χ0v) is 13.1. The van der Waals surface area contributed by atoms with Crippen LogP contribution in [0.5, 0.6) is 0 Å². The Kier molecular flexibility index (Phi) is 6.26. The fourth-order valence-electron chi connectivity index (χ4n) is 2.15. The van der Waals surface area contributed by atoms with Gasteiger partial charge in [0.25, 0.3) is 0 Å². The summed E-state index contributed by atoms with van der Waals surface area (Å²) in [5.74, 6) is 0.